The van der Waals surface area contributed by atoms with Crippen molar-refractivity contribution in [3.8, 4) is 0 Å². The smallest absolute Gasteiger partial charge is 0.192 e. The summed E-state index contributed by atoms with van der Waals surface area (Å²) < 4.78 is 7.58. The van der Waals surface area contributed by atoms with Gasteiger partial charge in [0.15, 0.2) is 11.8 Å². The van der Waals surface area contributed by atoms with Gasteiger partial charge in [-0.25, -0.2) is 4.99 Å². The van der Waals surface area contributed by atoms with E-state index in [-0.39, 0.29) is 24.0 Å². The number of guanidine groups is 1. The molecule has 9 heteroatoms. The van der Waals surface area contributed by atoms with Crippen LogP contribution in [0.15, 0.2) is 22.5 Å². The average Bonchev–Trinajstić information content (AvgIpc) is 3.24. The van der Waals surface area contributed by atoms with Crippen molar-refractivity contribution in [1.82, 2.24) is 25.4 Å². The van der Waals surface area contributed by atoms with Crippen molar-refractivity contribution in [2.24, 2.45) is 18.0 Å². The van der Waals surface area contributed by atoms with E-state index in [0.29, 0.717) is 12.5 Å². The molecule has 2 rings (SSSR count). The van der Waals surface area contributed by atoms with Gasteiger partial charge >= 0.3 is 0 Å². The predicted octanol–water partition coefficient (Wildman–Crippen LogP) is 3.10. The number of aryl methyl sites for hydroxylation is 1. The Balaban J connectivity index is 0.00000364. The SMILES string of the molecule is Cc1nnc(CN=C(NCCCOCC(C)C)NCc2cccs2)n1C.I. The van der Waals surface area contributed by atoms with Crippen molar-refractivity contribution >= 4 is 41.3 Å². The van der Waals surface area contributed by atoms with Crippen LogP contribution in [0.1, 0.15) is 36.8 Å². The van der Waals surface area contributed by atoms with Gasteiger partial charge in [0, 0.05) is 31.7 Å². The number of rotatable bonds is 10. The van der Waals surface area contributed by atoms with Crippen LogP contribution in [-0.4, -0.2) is 40.5 Å². The minimum Gasteiger partial charge on any atom is -0.381 e. The van der Waals surface area contributed by atoms with Crippen LogP contribution in [0, 0.1) is 12.8 Å². The van der Waals surface area contributed by atoms with Crippen LogP contribution in [-0.2, 0) is 24.9 Å². The highest BCUT2D eigenvalue weighted by Crippen LogP contribution is 2.07. The van der Waals surface area contributed by atoms with E-state index in [4.69, 9.17) is 4.74 Å². The lowest BCUT2D eigenvalue weighted by Gasteiger charge is -2.12. The summed E-state index contributed by atoms with van der Waals surface area (Å²) in [4.78, 5) is 5.92. The van der Waals surface area contributed by atoms with Crippen LogP contribution in [0.3, 0.4) is 0 Å². The minimum absolute atomic E-state index is 0. The highest BCUT2D eigenvalue weighted by molar-refractivity contribution is 14.0. The summed E-state index contributed by atoms with van der Waals surface area (Å²) in [5.74, 6) is 3.09. The minimum atomic E-state index is 0. The maximum absolute atomic E-state index is 5.62. The maximum atomic E-state index is 5.62. The van der Waals surface area contributed by atoms with Crippen LogP contribution in [0.2, 0.25) is 0 Å². The molecule has 0 saturated heterocycles. The molecule has 2 heterocycles. The lowest BCUT2D eigenvalue weighted by Crippen LogP contribution is -2.37. The van der Waals surface area contributed by atoms with E-state index in [1.54, 1.807) is 11.3 Å². The first-order chi connectivity index (χ1) is 12.6. The van der Waals surface area contributed by atoms with Gasteiger partial charge in [-0.3, -0.25) is 0 Å². The van der Waals surface area contributed by atoms with Crippen LogP contribution in [0.4, 0.5) is 0 Å². The van der Waals surface area contributed by atoms with Crippen LogP contribution in [0.25, 0.3) is 0 Å². The molecule has 0 radical (unpaired) electrons. The molecule has 0 aliphatic heterocycles. The molecule has 0 spiro atoms. The van der Waals surface area contributed by atoms with E-state index in [0.717, 1.165) is 50.3 Å². The van der Waals surface area contributed by atoms with Crippen molar-refractivity contribution < 1.29 is 4.74 Å². The summed E-state index contributed by atoms with van der Waals surface area (Å²) in [6, 6.07) is 4.17. The third kappa shape index (κ3) is 9.02. The fraction of sp³-hybridized carbons (Fsp3) is 0.611. The Labute approximate surface area is 183 Å². The van der Waals surface area contributed by atoms with E-state index >= 15 is 0 Å². The largest absolute Gasteiger partial charge is 0.381 e. The number of hydrogen-bond acceptors (Lipinski definition) is 5. The summed E-state index contributed by atoms with van der Waals surface area (Å²) in [6.45, 7) is 9.87. The second kappa shape index (κ2) is 13.1. The molecular weight excluding hydrogens is 475 g/mol. The Bertz CT molecular complexity index is 671. The first kappa shape index (κ1) is 23.8. The number of halogens is 1. The van der Waals surface area contributed by atoms with Crippen molar-refractivity contribution in [1.29, 1.82) is 0 Å². The summed E-state index contributed by atoms with van der Waals surface area (Å²) in [6.07, 6.45) is 0.940. The van der Waals surface area contributed by atoms with Crippen LogP contribution < -0.4 is 10.6 Å². The number of aromatic nitrogens is 3. The van der Waals surface area contributed by atoms with Gasteiger partial charge in [-0.2, -0.15) is 0 Å². The van der Waals surface area contributed by atoms with Crippen LogP contribution in [0.5, 0.6) is 0 Å². The van der Waals surface area contributed by atoms with Crippen molar-refractivity contribution in [3.05, 3.63) is 34.0 Å². The van der Waals surface area contributed by atoms with Crippen LogP contribution >= 0.6 is 35.3 Å². The lowest BCUT2D eigenvalue weighted by atomic mass is 10.2. The number of nitrogens with zero attached hydrogens (tertiary/aromatic N) is 4. The molecule has 27 heavy (non-hydrogen) atoms. The Morgan fingerprint density at radius 1 is 1.33 bits per heavy atom. The molecule has 0 fully saturated rings. The van der Waals surface area contributed by atoms with Gasteiger partial charge in [0.1, 0.15) is 12.4 Å². The van der Waals surface area contributed by atoms with E-state index in [1.165, 1.54) is 4.88 Å². The molecule has 0 aromatic carbocycles. The van der Waals surface area contributed by atoms with E-state index in [1.807, 2.05) is 18.5 Å². The predicted molar refractivity (Wildman–Crippen MR) is 122 cm³/mol. The summed E-state index contributed by atoms with van der Waals surface area (Å²) >= 11 is 1.73. The molecule has 0 unspecified atom stereocenters. The molecule has 0 saturated carbocycles. The molecule has 0 aliphatic rings. The van der Waals surface area contributed by atoms with E-state index in [9.17, 15) is 0 Å². The quantitative estimate of drug-likeness (QED) is 0.224. The Morgan fingerprint density at radius 3 is 2.78 bits per heavy atom. The van der Waals surface area contributed by atoms with Gasteiger partial charge in [0.2, 0.25) is 0 Å². The molecule has 152 valence electrons. The second-order valence-electron chi connectivity index (χ2n) is 6.57. The van der Waals surface area contributed by atoms with Gasteiger partial charge in [-0.1, -0.05) is 19.9 Å². The maximum Gasteiger partial charge on any atom is 0.192 e. The molecule has 0 atom stereocenters. The zero-order valence-corrected chi connectivity index (χ0v) is 19.7. The van der Waals surface area contributed by atoms with Crippen molar-refractivity contribution in [2.45, 2.75) is 40.3 Å². The van der Waals surface area contributed by atoms with Gasteiger partial charge in [0.05, 0.1) is 6.54 Å². The number of hydrogen-bond donors (Lipinski definition) is 2. The monoisotopic (exact) mass is 506 g/mol. The number of thiophene rings is 1. The molecule has 7 nitrogen and oxygen atoms in total. The lowest BCUT2D eigenvalue weighted by molar-refractivity contribution is 0.108. The molecular formula is C18H31IN6OS. The Hall–Kier alpha value is -1.20. The number of aliphatic imine (C=N–C) groups is 1. The van der Waals surface area contributed by atoms with E-state index in [2.05, 4.69) is 57.2 Å². The normalized spacial score (nSPS) is 11.5. The topological polar surface area (TPSA) is 76.4 Å². The molecule has 2 N–H and O–H groups in total. The van der Waals surface area contributed by atoms with Crippen molar-refractivity contribution in [2.75, 3.05) is 19.8 Å². The second-order valence-corrected chi connectivity index (χ2v) is 7.60. The fourth-order valence-corrected chi connectivity index (χ4v) is 2.84. The van der Waals surface area contributed by atoms with Gasteiger partial charge in [0.25, 0.3) is 0 Å². The average molecular weight is 506 g/mol. The summed E-state index contributed by atoms with van der Waals surface area (Å²) in [5.41, 5.74) is 0. The standard InChI is InChI=1S/C18H30N6OS.HI/c1-14(2)13-25-9-6-8-19-18(20-11-16-7-5-10-26-16)21-12-17-23-22-15(3)24(17)4;/h5,7,10,14H,6,8-9,11-13H2,1-4H3,(H2,19,20,21);1H. The molecule has 0 amide bonds. The zero-order chi connectivity index (χ0) is 18.8. The molecule has 2 aromatic rings. The summed E-state index contributed by atoms with van der Waals surface area (Å²) in [7, 11) is 1.96. The molecule has 2 aromatic heterocycles. The molecule has 0 bridgehead atoms. The number of ether oxygens (including phenoxy) is 1. The first-order valence-electron chi connectivity index (χ1n) is 9.03. The Morgan fingerprint density at radius 2 is 2.15 bits per heavy atom. The van der Waals surface area contributed by atoms with Gasteiger partial charge in [-0.15, -0.1) is 45.5 Å². The zero-order valence-electron chi connectivity index (χ0n) is 16.6. The highest BCUT2D eigenvalue weighted by atomic mass is 127. The van der Waals surface area contributed by atoms with E-state index < -0.39 is 0 Å². The third-order valence-corrected chi connectivity index (χ3v) is 4.66. The van der Waals surface area contributed by atoms with Gasteiger partial charge in [-0.05, 0) is 30.7 Å². The third-order valence-electron chi connectivity index (χ3n) is 3.78. The van der Waals surface area contributed by atoms with Crippen molar-refractivity contribution in [3.63, 3.8) is 0 Å². The van der Waals surface area contributed by atoms with Gasteiger partial charge < -0.3 is 19.9 Å². The first-order valence-corrected chi connectivity index (χ1v) is 9.91. The fourth-order valence-electron chi connectivity index (χ4n) is 2.20. The number of nitrogens with one attached hydrogen (secondary N) is 2. The molecule has 0 aliphatic carbocycles. The highest BCUT2D eigenvalue weighted by Gasteiger charge is 2.05. The Kier molecular flexibility index (Phi) is 11.5. The summed E-state index contributed by atoms with van der Waals surface area (Å²) in [5, 5.41) is 17.1.